The van der Waals surface area contributed by atoms with E-state index in [4.69, 9.17) is 11.6 Å². The molecule has 0 aromatic rings. The maximum atomic E-state index is 5.72. The van der Waals surface area contributed by atoms with Gasteiger partial charge in [0.2, 0.25) is 0 Å². The molecule has 0 atom stereocenters. The lowest BCUT2D eigenvalue weighted by Gasteiger charge is -2.07. The van der Waals surface area contributed by atoms with Gasteiger partial charge in [0, 0.05) is 11.0 Å². The summed E-state index contributed by atoms with van der Waals surface area (Å²) in [6.45, 7) is 9.52. The summed E-state index contributed by atoms with van der Waals surface area (Å²) in [5.74, 6) is 1.08. The van der Waals surface area contributed by atoms with Crippen molar-refractivity contribution in [3.05, 3.63) is 30.2 Å². The summed E-state index contributed by atoms with van der Waals surface area (Å²) >= 11 is 5.72. The van der Waals surface area contributed by atoms with Crippen molar-refractivity contribution < 1.29 is 0 Å². The van der Waals surface area contributed by atoms with Crippen LogP contribution in [0.2, 0.25) is 0 Å². The Morgan fingerprint density at radius 3 is 2.45 bits per heavy atom. The lowest BCUT2D eigenvalue weighted by Crippen LogP contribution is -1.91. The highest BCUT2D eigenvalue weighted by Crippen LogP contribution is 2.23. The first-order chi connectivity index (χ1) is 5.22. The van der Waals surface area contributed by atoms with Gasteiger partial charge in [-0.15, -0.1) is 6.58 Å². The summed E-state index contributed by atoms with van der Waals surface area (Å²) in [7, 11) is 0. The first kappa shape index (κ1) is 10.8. The van der Waals surface area contributed by atoms with Gasteiger partial charge in [-0.3, -0.25) is 0 Å². The molecule has 63 valence electrons. The molecule has 1 radical (unpaired) electrons. The Hall–Kier alpha value is -0.230. The number of hydrogen-bond acceptors (Lipinski definition) is 0. The van der Waals surface area contributed by atoms with Crippen molar-refractivity contribution in [3.63, 3.8) is 0 Å². The molecule has 0 N–H and O–H groups in total. The van der Waals surface area contributed by atoms with Gasteiger partial charge in [0.15, 0.2) is 0 Å². The van der Waals surface area contributed by atoms with Crippen LogP contribution in [0, 0.1) is 5.92 Å². The summed E-state index contributed by atoms with van der Waals surface area (Å²) in [5.41, 5.74) is 0. The van der Waals surface area contributed by atoms with Crippen LogP contribution in [0.15, 0.2) is 24.3 Å². The molecule has 0 aromatic heterocycles. The number of allylic oxidation sites excluding steroid dienone is 2. The maximum Gasteiger partial charge on any atom is 0.0371 e. The molecule has 11 heavy (non-hydrogen) atoms. The van der Waals surface area contributed by atoms with Crippen molar-refractivity contribution in [1.82, 2.24) is 0 Å². The van der Waals surface area contributed by atoms with Gasteiger partial charge in [0.25, 0.3) is 0 Å². The molecule has 0 aliphatic rings. The van der Waals surface area contributed by atoms with Crippen molar-refractivity contribution in [1.29, 1.82) is 0 Å². The van der Waals surface area contributed by atoms with Gasteiger partial charge in [-0.25, -0.2) is 0 Å². The van der Waals surface area contributed by atoms with Crippen LogP contribution < -0.4 is 0 Å². The minimum atomic E-state index is 0.635. The van der Waals surface area contributed by atoms with Crippen LogP contribution in [-0.4, -0.2) is 0 Å². The molecule has 0 saturated carbocycles. The second-order valence-corrected chi connectivity index (χ2v) is 3.05. The van der Waals surface area contributed by atoms with Crippen LogP contribution >= 0.6 is 11.6 Å². The average Bonchev–Trinajstić information content (AvgIpc) is 1.97. The third-order valence-electron chi connectivity index (χ3n) is 1.64. The smallest absolute Gasteiger partial charge is 0.0371 e. The van der Waals surface area contributed by atoms with E-state index in [1.54, 1.807) is 6.08 Å². The Morgan fingerprint density at radius 2 is 2.09 bits per heavy atom. The average molecular weight is 172 g/mol. The number of rotatable bonds is 6. The summed E-state index contributed by atoms with van der Waals surface area (Å²) in [6, 6.07) is 0. The lowest BCUT2D eigenvalue weighted by molar-refractivity contribution is 0.699. The second-order valence-electron chi connectivity index (χ2n) is 2.59. The van der Waals surface area contributed by atoms with Crippen molar-refractivity contribution in [3.8, 4) is 0 Å². The summed E-state index contributed by atoms with van der Waals surface area (Å²) in [5, 5.41) is 0.635. The molecule has 0 heterocycles. The topological polar surface area (TPSA) is 0 Å². The Morgan fingerprint density at radius 1 is 1.45 bits per heavy atom. The first-order valence-electron chi connectivity index (χ1n) is 4.05. The Kier molecular flexibility index (Phi) is 6.34. The molecule has 0 saturated heterocycles. The number of halogens is 1. The van der Waals surface area contributed by atoms with E-state index < -0.39 is 0 Å². The first-order valence-corrected chi connectivity index (χ1v) is 4.43. The van der Waals surface area contributed by atoms with Crippen LogP contribution in [0.4, 0.5) is 0 Å². The van der Waals surface area contributed by atoms with E-state index >= 15 is 0 Å². The zero-order valence-electron chi connectivity index (χ0n) is 7.20. The van der Waals surface area contributed by atoms with E-state index in [-0.39, 0.29) is 0 Å². The normalized spacial score (nSPS) is 10.1. The third kappa shape index (κ3) is 5.09. The Labute approximate surface area is 74.9 Å². The molecule has 0 aromatic carbocycles. The fourth-order valence-corrected chi connectivity index (χ4v) is 1.09. The summed E-state index contributed by atoms with van der Waals surface area (Å²) in [4.78, 5) is 0. The van der Waals surface area contributed by atoms with E-state index in [1.807, 2.05) is 0 Å². The van der Waals surface area contributed by atoms with Crippen molar-refractivity contribution in [2.45, 2.75) is 32.6 Å². The zero-order valence-corrected chi connectivity index (χ0v) is 7.95. The van der Waals surface area contributed by atoms with E-state index in [1.165, 1.54) is 19.3 Å². The van der Waals surface area contributed by atoms with Gasteiger partial charge in [0.1, 0.15) is 0 Å². The lowest BCUT2D eigenvalue weighted by atomic mass is 10.0. The predicted molar refractivity (Wildman–Crippen MR) is 52.6 cm³/mol. The molecule has 0 bridgehead atoms. The molecule has 0 aliphatic carbocycles. The molecule has 0 aliphatic heterocycles. The summed E-state index contributed by atoms with van der Waals surface area (Å²) < 4.78 is 0. The van der Waals surface area contributed by atoms with E-state index in [9.17, 15) is 0 Å². The van der Waals surface area contributed by atoms with Gasteiger partial charge in [-0.2, -0.15) is 0 Å². The minimum Gasteiger partial charge on any atom is -0.102 e. The molecule has 1 heteroatoms. The minimum absolute atomic E-state index is 0.635. The fraction of sp³-hybridized carbons (Fsp3) is 0.500. The van der Waals surface area contributed by atoms with Gasteiger partial charge < -0.3 is 0 Å². The van der Waals surface area contributed by atoms with Crippen molar-refractivity contribution >= 4 is 11.6 Å². The molecule has 0 amide bonds. The van der Waals surface area contributed by atoms with E-state index in [0.717, 1.165) is 12.3 Å². The molecule has 0 fully saturated rings. The molecular weight excluding hydrogens is 156 g/mol. The molecule has 0 unspecified atom stereocenters. The van der Waals surface area contributed by atoms with Gasteiger partial charge in [-0.05, 0) is 6.42 Å². The fourth-order valence-electron chi connectivity index (χ4n) is 0.914. The highest BCUT2D eigenvalue weighted by molar-refractivity contribution is 6.31. The number of unbranched alkanes of at least 4 members (excludes halogenated alkanes) is 2. The van der Waals surface area contributed by atoms with Crippen LogP contribution in [0.1, 0.15) is 32.6 Å². The molecular formula is C10H16Cl. The van der Waals surface area contributed by atoms with Crippen LogP contribution in [0.5, 0.6) is 0 Å². The Balaban J connectivity index is 3.52. The SMILES string of the molecule is C=C[C](CCCCC)C(=C)Cl. The Bertz CT molecular complexity index is 127. The van der Waals surface area contributed by atoms with Gasteiger partial charge in [0.05, 0.1) is 0 Å². The van der Waals surface area contributed by atoms with Gasteiger partial charge in [-0.1, -0.05) is 50.4 Å². The van der Waals surface area contributed by atoms with Crippen LogP contribution in [-0.2, 0) is 0 Å². The van der Waals surface area contributed by atoms with Crippen LogP contribution in [0.3, 0.4) is 0 Å². The van der Waals surface area contributed by atoms with Crippen molar-refractivity contribution in [2.75, 3.05) is 0 Å². The standard InChI is InChI=1S/C10H16Cl/c1-4-6-7-8-10(5-2)9(3)11/h5H,2-4,6-8H2,1H3. The monoisotopic (exact) mass is 171 g/mol. The van der Waals surface area contributed by atoms with Gasteiger partial charge >= 0.3 is 0 Å². The summed E-state index contributed by atoms with van der Waals surface area (Å²) in [6.07, 6.45) is 6.48. The number of hydrogen-bond donors (Lipinski definition) is 0. The highest BCUT2D eigenvalue weighted by atomic mass is 35.5. The second kappa shape index (κ2) is 6.48. The zero-order chi connectivity index (χ0) is 8.69. The van der Waals surface area contributed by atoms with Crippen molar-refractivity contribution in [2.24, 2.45) is 0 Å². The molecule has 0 nitrogen and oxygen atoms in total. The molecule has 0 spiro atoms. The highest BCUT2D eigenvalue weighted by Gasteiger charge is 2.05. The predicted octanol–water partition coefficient (Wildman–Crippen LogP) is 4.08. The quantitative estimate of drug-likeness (QED) is 0.529. The molecule has 0 rings (SSSR count). The third-order valence-corrected chi connectivity index (χ3v) is 1.89. The maximum absolute atomic E-state index is 5.72. The van der Waals surface area contributed by atoms with E-state index in [2.05, 4.69) is 20.1 Å². The van der Waals surface area contributed by atoms with Crippen LogP contribution in [0.25, 0.3) is 0 Å². The largest absolute Gasteiger partial charge is 0.102 e. The van der Waals surface area contributed by atoms with E-state index in [0.29, 0.717) is 5.03 Å².